The molecule has 1 aliphatic rings. The van der Waals surface area contributed by atoms with Gasteiger partial charge in [0.2, 0.25) is 0 Å². The molecule has 1 saturated carbocycles. The van der Waals surface area contributed by atoms with Gasteiger partial charge in [-0.1, -0.05) is 48.5 Å². The zero-order valence-electron chi connectivity index (χ0n) is 20.5. The van der Waals surface area contributed by atoms with E-state index in [4.69, 9.17) is 24.8 Å². The molecule has 11 heteroatoms. The highest BCUT2D eigenvalue weighted by Gasteiger charge is 2.47. The van der Waals surface area contributed by atoms with E-state index in [-0.39, 0.29) is 37.0 Å². The lowest BCUT2D eigenvalue weighted by Crippen LogP contribution is -2.49. The molecule has 0 bridgehead atoms. The topological polar surface area (TPSA) is 158 Å². The van der Waals surface area contributed by atoms with Gasteiger partial charge in [0.25, 0.3) is 10.1 Å². The first kappa shape index (κ1) is 27.9. The minimum absolute atomic E-state index is 0.0145. The van der Waals surface area contributed by atoms with Gasteiger partial charge < -0.3 is 20.5 Å². The van der Waals surface area contributed by atoms with Gasteiger partial charge in [0.1, 0.15) is 18.2 Å². The number of hydrogen-bond acceptors (Lipinski definition) is 8. The molecule has 0 atom stereocenters. The summed E-state index contributed by atoms with van der Waals surface area (Å²) in [4.78, 5) is 25.2. The number of benzene rings is 2. The normalized spacial score (nSPS) is 19.8. The Balaban J connectivity index is 1.56. The number of nitrogens with two attached hydrogens (primary N) is 1. The van der Waals surface area contributed by atoms with E-state index in [1.54, 1.807) is 30.3 Å². The molecule has 0 radical (unpaired) electrons. The summed E-state index contributed by atoms with van der Waals surface area (Å²) in [6, 6.07) is 15.8. The first-order chi connectivity index (χ1) is 17.5. The summed E-state index contributed by atoms with van der Waals surface area (Å²) in [6.07, 6.45) is 4.52. The summed E-state index contributed by atoms with van der Waals surface area (Å²) >= 11 is 0. The third kappa shape index (κ3) is 9.03. The van der Waals surface area contributed by atoms with E-state index in [9.17, 15) is 18.0 Å². The molecule has 0 aliphatic heterocycles. The summed E-state index contributed by atoms with van der Waals surface area (Å²) in [5.74, 6) is -0.643. The molecular formula is C26H31N3O7S. The molecule has 1 amide bonds. The molecule has 0 unspecified atom stereocenters. The number of amidine groups is 1. The zero-order chi connectivity index (χ0) is 26.9. The van der Waals surface area contributed by atoms with Crippen LogP contribution in [0.3, 0.4) is 0 Å². The van der Waals surface area contributed by atoms with Crippen molar-refractivity contribution in [3.05, 3.63) is 71.8 Å². The van der Waals surface area contributed by atoms with Crippen molar-refractivity contribution >= 4 is 34.1 Å². The van der Waals surface area contributed by atoms with Crippen molar-refractivity contribution in [1.29, 1.82) is 5.41 Å². The van der Waals surface area contributed by atoms with Crippen LogP contribution in [0.2, 0.25) is 0 Å². The SMILES string of the molecule is CS(=O)(=O)OC1(C(=O)Oc2ccc(/C=C/C(=N)N)cc2)CCC(CNC(=O)OCc2ccccc2)CC1. The number of ether oxygens (including phenoxy) is 2. The standard InChI is InChI=1S/C26H31N3O7S/c1-37(32,33)36-26(24(30)35-22-10-7-19(8-11-22)9-12-23(27)28)15-13-20(14-16-26)17-29-25(31)34-18-21-5-3-2-4-6-21/h2-12,20H,13-18H2,1H3,(H3,27,28)(H,29,31)/b12-9+. The molecule has 2 aromatic rings. The summed E-state index contributed by atoms with van der Waals surface area (Å²) in [5.41, 5.74) is 5.27. The Bertz CT molecular complexity index is 1220. The van der Waals surface area contributed by atoms with Gasteiger partial charge in [-0.25, -0.2) is 9.59 Å². The van der Waals surface area contributed by atoms with E-state index >= 15 is 0 Å². The Morgan fingerprint density at radius 2 is 1.76 bits per heavy atom. The number of nitrogens with one attached hydrogen (secondary N) is 2. The number of esters is 1. The highest BCUT2D eigenvalue weighted by atomic mass is 32.2. The van der Waals surface area contributed by atoms with Crippen molar-refractivity contribution in [2.75, 3.05) is 12.8 Å². The minimum Gasteiger partial charge on any atom is -0.445 e. The fraction of sp³-hybridized carbons (Fsp3) is 0.346. The lowest BCUT2D eigenvalue weighted by Gasteiger charge is -2.36. The monoisotopic (exact) mass is 529 g/mol. The van der Waals surface area contributed by atoms with E-state index in [2.05, 4.69) is 5.32 Å². The number of alkyl carbamates (subject to hydrolysis) is 1. The van der Waals surface area contributed by atoms with Crippen LogP contribution in [0.15, 0.2) is 60.7 Å². The summed E-state index contributed by atoms with van der Waals surface area (Å²) < 4.78 is 39.9. The number of amides is 1. The van der Waals surface area contributed by atoms with Crippen molar-refractivity contribution in [2.45, 2.75) is 37.9 Å². The molecular weight excluding hydrogens is 498 g/mol. The van der Waals surface area contributed by atoms with Crippen LogP contribution >= 0.6 is 0 Å². The molecule has 10 nitrogen and oxygen atoms in total. The third-order valence-electron chi connectivity index (χ3n) is 5.89. The average Bonchev–Trinajstić information content (AvgIpc) is 2.86. The molecule has 0 heterocycles. The Morgan fingerprint density at radius 3 is 2.35 bits per heavy atom. The van der Waals surface area contributed by atoms with E-state index in [0.717, 1.165) is 17.4 Å². The van der Waals surface area contributed by atoms with Crippen molar-refractivity contribution in [3.63, 3.8) is 0 Å². The highest BCUT2D eigenvalue weighted by Crippen LogP contribution is 2.37. The van der Waals surface area contributed by atoms with E-state index in [0.29, 0.717) is 19.4 Å². The maximum absolute atomic E-state index is 13.1. The maximum atomic E-state index is 13.1. The van der Waals surface area contributed by atoms with Crippen LogP contribution in [0.25, 0.3) is 6.08 Å². The first-order valence-electron chi connectivity index (χ1n) is 11.7. The van der Waals surface area contributed by atoms with Crippen LogP contribution in [0, 0.1) is 11.3 Å². The Morgan fingerprint density at radius 1 is 1.11 bits per heavy atom. The molecule has 1 aliphatic carbocycles. The van der Waals surface area contributed by atoms with Crippen LogP contribution < -0.4 is 15.8 Å². The van der Waals surface area contributed by atoms with Gasteiger partial charge in [0.15, 0.2) is 5.60 Å². The molecule has 198 valence electrons. The summed E-state index contributed by atoms with van der Waals surface area (Å²) in [6.45, 7) is 0.482. The molecule has 1 fully saturated rings. The van der Waals surface area contributed by atoms with Gasteiger partial charge in [-0.15, -0.1) is 0 Å². The summed E-state index contributed by atoms with van der Waals surface area (Å²) in [5, 5.41) is 9.96. The quantitative estimate of drug-likeness (QED) is 0.139. The van der Waals surface area contributed by atoms with Crippen molar-refractivity contribution in [1.82, 2.24) is 5.32 Å². The predicted molar refractivity (Wildman–Crippen MR) is 138 cm³/mol. The van der Waals surface area contributed by atoms with Gasteiger partial charge in [0, 0.05) is 6.54 Å². The second-order valence-electron chi connectivity index (χ2n) is 8.91. The van der Waals surface area contributed by atoms with Crippen LogP contribution in [0.4, 0.5) is 4.79 Å². The van der Waals surface area contributed by atoms with E-state index in [1.165, 1.54) is 6.08 Å². The van der Waals surface area contributed by atoms with E-state index < -0.39 is 27.8 Å². The van der Waals surface area contributed by atoms with Crippen LogP contribution in [0.5, 0.6) is 5.75 Å². The smallest absolute Gasteiger partial charge is 0.407 e. The predicted octanol–water partition coefficient (Wildman–Crippen LogP) is 3.37. The van der Waals surface area contributed by atoms with Crippen LogP contribution in [-0.2, 0) is 30.4 Å². The molecule has 2 aromatic carbocycles. The molecule has 0 spiro atoms. The van der Waals surface area contributed by atoms with Crippen molar-refractivity contribution in [3.8, 4) is 5.75 Å². The molecule has 3 rings (SSSR count). The molecule has 0 saturated heterocycles. The fourth-order valence-corrected chi connectivity index (χ4v) is 4.81. The second kappa shape index (κ2) is 12.5. The van der Waals surface area contributed by atoms with E-state index in [1.807, 2.05) is 30.3 Å². The molecule has 0 aromatic heterocycles. The highest BCUT2D eigenvalue weighted by molar-refractivity contribution is 7.86. The van der Waals surface area contributed by atoms with Crippen LogP contribution in [-0.4, -0.2) is 44.7 Å². The maximum Gasteiger partial charge on any atom is 0.407 e. The number of carbonyl (C=O) groups is 2. The number of rotatable bonds is 10. The van der Waals surface area contributed by atoms with Gasteiger partial charge in [-0.2, -0.15) is 8.42 Å². The minimum atomic E-state index is -3.95. The van der Waals surface area contributed by atoms with Gasteiger partial charge in [-0.3, -0.25) is 9.59 Å². The largest absolute Gasteiger partial charge is 0.445 e. The Kier molecular flexibility index (Phi) is 9.42. The average molecular weight is 530 g/mol. The van der Waals surface area contributed by atoms with Gasteiger partial charge >= 0.3 is 12.1 Å². The Labute approximate surface area is 216 Å². The number of hydrogen-bond donors (Lipinski definition) is 3. The van der Waals surface area contributed by atoms with Crippen molar-refractivity contribution < 1.29 is 31.7 Å². The van der Waals surface area contributed by atoms with Crippen LogP contribution in [0.1, 0.15) is 36.8 Å². The Hall–Kier alpha value is -3.70. The lowest BCUT2D eigenvalue weighted by molar-refractivity contribution is -0.155. The van der Waals surface area contributed by atoms with Gasteiger partial charge in [0.05, 0.1) is 6.26 Å². The lowest BCUT2D eigenvalue weighted by atomic mass is 9.79. The molecule has 37 heavy (non-hydrogen) atoms. The third-order valence-corrected chi connectivity index (χ3v) is 6.51. The first-order valence-corrected chi connectivity index (χ1v) is 13.6. The fourth-order valence-electron chi connectivity index (χ4n) is 3.99. The zero-order valence-corrected chi connectivity index (χ0v) is 21.3. The number of carbonyl (C=O) groups excluding carboxylic acids is 2. The second-order valence-corrected chi connectivity index (χ2v) is 10.5. The van der Waals surface area contributed by atoms with Gasteiger partial charge in [-0.05, 0) is 60.9 Å². The molecule has 4 N–H and O–H groups in total. The van der Waals surface area contributed by atoms with Crippen molar-refractivity contribution in [2.24, 2.45) is 11.7 Å². The summed E-state index contributed by atoms with van der Waals surface area (Å²) in [7, 11) is -3.95.